The van der Waals surface area contributed by atoms with Crippen LogP contribution in [0.4, 0.5) is 5.69 Å². The van der Waals surface area contributed by atoms with Crippen LogP contribution >= 0.6 is 0 Å². The Morgan fingerprint density at radius 2 is 1.26 bits per heavy atom. The molecule has 2 aliphatic rings. The molecule has 7 amide bonds. The summed E-state index contributed by atoms with van der Waals surface area (Å²) in [6.45, 7) is 19.0. The summed E-state index contributed by atoms with van der Waals surface area (Å²) in [5.41, 5.74) is 0.618. The Labute approximate surface area is 433 Å². The number of nitrogens with one attached hydrogen (secondary N) is 5. The van der Waals surface area contributed by atoms with E-state index in [9.17, 15) is 44.0 Å². The highest BCUT2D eigenvalue weighted by Gasteiger charge is 2.43. The van der Waals surface area contributed by atoms with Gasteiger partial charge in [-0.15, -0.1) is 0 Å². The third kappa shape index (κ3) is 14.5. The van der Waals surface area contributed by atoms with Gasteiger partial charge in [0, 0.05) is 50.1 Å². The van der Waals surface area contributed by atoms with Gasteiger partial charge in [-0.3, -0.25) is 43.7 Å². The number of nitrogens with zero attached hydrogens (tertiary/aromatic N) is 4. The fraction of sp³-hybridized carbons (Fsp3) is 0.574. The van der Waals surface area contributed by atoms with Gasteiger partial charge < -0.3 is 50.8 Å². The molecule has 2 saturated heterocycles. The molecule has 2 aliphatic heterocycles. The number of ether oxygens (including phenoxy) is 1. The number of aromatic nitrogens is 1. The molecule has 20 heteroatoms. The molecule has 3 aromatic rings. The van der Waals surface area contributed by atoms with Crippen molar-refractivity contribution >= 4 is 57.9 Å². The largest absolute Gasteiger partial charge is 0.502 e. The predicted octanol–water partition coefficient (Wildman–Crippen LogP) is 4.39. The van der Waals surface area contributed by atoms with Gasteiger partial charge >= 0.3 is 5.69 Å². The highest BCUT2D eigenvalue weighted by atomic mass is 16.6. The summed E-state index contributed by atoms with van der Waals surface area (Å²) < 4.78 is 7.85. The van der Waals surface area contributed by atoms with Crippen LogP contribution in [0.2, 0.25) is 0 Å². The van der Waals surface area contributed by atoms with Crippen LogP contribution in [0.15, 0.2) is 60.8 Å². The summed E-state index contributed by atoms with van der Waals surface area (Å²) in [7, 11) is 2.85. The number of hydrogen-bond acceptors (Lipinski definition) is 11. The Kier molecular flexibility index (Phi) is 19.6. The molecule has 0 bridgehead atoms. The van der Waals surface area contributed by atoms with E-state index in [0.717, 1.165) is 23.0 Å². The van der Waals surface area contributed by atoms with Gasteiger partial charge in [0.15, 0.2) is 5.75 Å². The third-order valence-electron chi connectivity index (χ3n) is 13.8. The van der Waals surface area contributed by atoms with Crippen LogP contribution in [0.3, 0.4) is 0 Å². The van der Waals surface area contributed by atoms with Crippen LogP contribution in [0.5, 0.6) is 5.75 Å². The monoisotopic (exact) mass is 1030 g/mol. The number of amides is 7. The normalized spacial score (nSPS) is 24.5. The first-order valence-electron chi connectivity index (χ1n) is 25.6. The molecule has 2 aromatic carbocycles. The van der Waals surface area contributed by atoms with E-state index in [0.29, 0.717) is 12.2 Å². The number of hydrogen-bond donors (Lipinski definition) is 6. The zero-order valence-electron chi connectivity index (χ0n) is 44.9. The second kappa shape index (κ2) is 24.9. The molecule has 0 aliphatic carbocycles. The molecule has 8 unspecified atom stereocenters. The standard InChI is InChI=1S/C54H77N9O11/c1-13-14-18-37-47(65)59-40(27-35-28-62(54(9,10)46-29-74-46)41-19-16-15-17-36(35)41)53(71)61(12)44(24-32(6)7)51(69)58-39(25-34-20-21-45(64)42(26-34)63(72)73)48(66)55-33(8)52(70)60(11)43(23-31(4)5)50(68)57-38(22-30(2)3)49(67)56-37/h13-17,19-21,26,28,30-33,37-40,43-44,46,64H,18,22-25,27,29H2,1-12H3,(H,55,66)(H,56,67)(H,57,68)(H,58,69)(H,59,65)/b14-13+. The average molecular weight is 1030 g/mol. The molecule has 0 radical (unpaired) electrons. The molecule has 5 rings (SSSR count). The zero-order valence-corrected chi connectivity index (χ0v) is 44.9. The number of fused-ring (bicyclic) bond motifs is 1. The van der Waals surface area contributed by atoms with E-state index in [1.165, 1.54) is 36.9 Å². The number of carbonyl (C=O) groups is 7. The van der Waals surface area contributed by atoms with Crippen molar-refractivity contribution in [3.8, 4) is 5.75 Å². The lowest BCUT2D eigenvalue weighted by Crippen LogP contribution is -2.60. The van der Waals surface area contributed by atoms with E-state index < -0.39 is 106 Å². The summed E-state index contributed by atoms with van der Waals surface area (Å²) in [5.74, 6) is -6.05. The van der Waals surface area contributed by atoms with E-state index >= 15 is 4.79 Å². The summed E-state index contributed by atoms with van der Waals surface area (Å²) in [6.07, 6.45) is 5.31. The lowest BCUT2D eigenvalue weighted by Gasteiger charge is -2.33. The van der Waals surface area contributed by atoms with Gasteiger partial charge in [0.2, 0.25) is 41.4 Å². The number of aromatic hydroxyl groups is 1. The SMILES string of the molecule is C/C=C/CC1NC(=O)C(CC(C)C)NC(=O)C(CC(C)C)N(C)C(=O)C(C)NC(=O)C(Cc2ccc(O)c([N+](=O)[O-])c2)NC(=O)C(CC(C)C)N(C)C(=O)C(Cc2cn(C(C)(C)C3CO3)c3ccccc23)NC1=O. The smallest absolute Gasteiger partial charge is 0.310 e. The quantitative estimate of drug-likeness (QED) is 0.0538. The van der Waals surface area contributed by atoms with Crippen LogP contribution < -0.4 is 26.6 Å². The minimum atomic E-state index is -1.50. The molecule has 20 nitrogen and oxygen atoms in total. The van der Waals surface area contributed by atoms with E-state index in [-0.39, 0.29) is 67.9 Å². The molecule has 3 heterocycles. The Morgan fingerprint density at radius 1 is 0.730 bits per heavy atom. The van der Waals surface area contributed by atoms with Crippen molar-refractivity contribution < 1.29 is 48.3 Å². The third-order valence-corrected chi connectivity index (χ3v) is 13.8. The number of nitro benzene ring substituents is 1. The van der Waals surface area contributed by atoms with Gasteiger partial charge in [-0.25, -0.2) is 0 Å². The van der Waals surface area contributed by atoms with Gasteiger partial charge in [-0.05, 0) is 94.4 Å². The number of carbonyl (C=O) groups excluding carboxylic acids is 7. The van der Waals surface area contributed by atoms with Crippen molar-refractivity contribution in [1.29, 1.82) is 0 Å². The maximum atomic E-state index is 15.3. The number of para-hydroxylation sites is 1. The number of phenols is 1. The minimum absolute atomic E-state index is 0.0120. The number of nitro groups is 1. The molecule has 74 heavy (non-hydrogen) atoms. The summed E-state index contributed by atoms with van der Waals surface area (Å²) >= 11 is 0. The van der Waals surface area contributed by atoms with Crippen molar-refractivity contribution in [3.63, 3.8) is 0 Å². The van der Waals surface area contributed by atoms with Crippen LogP contribution in [0.1, 0.15) is 106 Å². The zero-order chi connectivity index (χ0) is 54.9. The van der Waals surface area contributed by atoms with Gasteiger partial charge in [0.1, 0.15) is 48.4 Å². The maximum Gasteiger partial charge on any atom is 0.310 e. The van der Waals surface area contributed by atoms with E-state index in [4.69, 9.17) is 4.74 Å². The minimum Gasteiger partial charge on any atom is -0.502 e. The molecule has 2 fully saturated rings. The molecule has 6 N–H and O–H groups in total. The lowest BCUT2D eigenvalue weighted by atomic mass is 9.98. The first-order chi connectivity index (χ1) is 34.7. The Bertz CT molecular complexity index is 2590. The number of epoxide rings is 1. The van der Waals surface area contributed by atoms with Crippen molar-refractivity contribution in [2.24, 2.45) is 17.8 Å². The maximum absolute atomic E-state index is 15.3. The van der Waals surface area contributed by atoms with Crippen molar-refractivity contribution in [1.82, 2.24) is 41.0 Å². The molecular formula is C54H77N9O11. The second-order valence-corrected chi connectivity index (χ2v) is 21.6. The number of benzene rings is 2. The fourth-order valence-corrected chi connectivity index (χ4v) is 9.50. The molecule has 0 spiro atoms. The molecule has 404 valence electrons. The molecular weight excluding hydrogens is 951 g/mol. The van der Waals surface area contributed by atoms with Crippen LogP contribution in [-0.4, -0.2) is 135 Å². The Morgan fingerprint density at radius 3 is 1.82 bits per heavy atom. The first kappa shape index (κ1) is 58.1. The Hall–Kier alpha value is -6.83. The number of likely N-dealkylation sites (N-methyl/N-ethyl adjacent to an activating group) is 2. The summed E-state index contributed by atoms with van der Waals surface area (Å²) in [4.78, 5) is 116. The number of rotatable bonds is 15. The van der Waals surface area contributed by atoms with Crippen LogP contribution in [-0.2, 0) is 56.7 Å². The van der Waals surface area contributed by atoms with Crippen LogP contribution in [0, 0.1) is 27.9 Å². The average Bonchev–Trinajstić information content (AvgIpc) is 4.14. The highest BCUT2D eigenvalue weighted by Crippen LogP contribution is 2.36. The summed E-state index contributed by atoms with van der Waals surface area (Å²) in [5, 5.41) is 37.0. The van der Waals surface area contributed by atoms with E-state index in [2.05, 4.69) is 45.0 Å². The van der Waals surface area contributed by atoms with Gasteiger partial charge in [0.05, 0.1) is 17.1 Å². The molecule has 8 atom stereocenters. The highest BCUT2D eigenvalue weighted by molar-refractivity contribution is 5.99. The van der Waals surface area contributed by atoms with Gasteiger partial charge in [-0.1, -0.05) is 78.0 Å². The topological polar surface area (TPSA) is 267 Å². The number of allylic oxidation sites excluding steroid dienone is 1. The van der Waals surface area contributed by atoms with Crippen LogP contribution in [0.25, 0.3) is 10.9 Å². The molecule has 0 saturated carbocycles. The van der Waals surface area contributed by atoms with E-state index in [1.54, 1.807) is 19.1 Å². The van der Waals surface area contributed by atoms with Crippen molar-refractivity contribution in [3.05, 3.63) is 82.1 Å². The summed E-state index contributed by atoms with van der Waals surface area (Å²) in [6, 6.07) is 2.28. The Balaban J connectivity index is 1.68. The van der Waals surface area contributed by atoms with Crippen molar-refractivity contribution in [2.45, 2.75) is 162 Å². The van der Waals surface area contributed by atoms with Gasteiger partial charge in [0.25, 0.3) is 0 Å². The lowest BCUT2D eigenvalue weighted by molar-refractivity contribution is -0.385. The van der Waals surface area contributed by atoms with E-state index in [1.807, 2.05) is 72.0 Å². The number of phenolic OH excluding ortho intramolecular Hbond substituents is 1. The van der Waals surface area contributed by atoms with Crippen molar-refractivity contribution in [2.75, 3.05) is 20.7 Å². The predicted molar refractivity (Wildman–Crippen MR) is 279 cm³/mol. The van der Waals surface area contributed by atoms with Gasteiger partial charge in [-0.2, -0.15) is 0 Å². The fourth-order valence-electron chi connectivity index (χ4n) is 9.50. The first-order valence-corrected chi connectivity index (χ1v) is 25.6. The second-order valence-electron chi connectivity index (χ2n) is 21.6. The molecule has 1 aromatic heterocycles.